The summed E-state index contributed by atoms with van der Waals surface area (Å²) in [4.78, 5) is 55.9. The van der Waals surface area contributed by atoms with Crippen molar-refractivity contribution in [1.82, 2.24) is 29.7 Å². The number of aliphatic imine (C=N–C) groups is 1. The maximum atomic E-state index is 12.8. The van der Waals surface area contributed by atoms with Crippen LogP contribution in [0.3, 0.4) is 0 Å². The van der Waals surface area contributed by atoms with E-state index in [9.17, 15) is 14.4 Å². The van der Waals surface area contributed by atoms with Gasteiger partial charge in [-0.2, -0.15) is 0 Å². The molecule has 14 nitrogen and oxygen atoms in total. The third-order valence-electron chi connectivity index (χ3n) is 5.80. The van der Waals surface area contributed by atoms with E-state index in [1.54, 1.807) is 77.2 Å². The predicted octanol–water partition coefficient (Wildman–Crippen LogP) is 5.70. The molecule has 0 bridgehead atoms. The fourth-order valence-corrected chi connectivity index (χ4v) is 4.35. The van der Waals surface area contributed by atoms with E-state index >= 15 is 0 Å². The first-order valence-corrected chi connectivity index (χ1v) is 15.2. The van der Waals surface area contributed by atoms with Crippen LogP contribution in [0.25, 0.3) is 11.2 Å². The van der Waals surface area contributed by atoms with Gasteiger partial charge < -0.3 is 29.0 Å². The van der Waals surface area contributed by atoms with Crippen molar-refractivity contribution in [2.45, 2.75) is 78.2 Å². The van der Waals surface area contributed by atoms with Crippen LogP contribution in [0.4, 0.5) is 15.4 Å². The molecule has 0 saturated heterocycles. The maximum absolute atomic E-state index is 12.8. The molecule has 3 rings (SSSR count). The predicted molar refractivity (Wildman–Crippen MR) is 176 cm³/mol. The zero-order valence-electron chi connectivity index (χ0n) is 27.2. The van der Waals surface area contributed by atoms with E-state index in [0.29, 0.717) is 33.9 Å². The molecule has 0 spiro atoms. The van der Waals surface area contributed by atoms with Crippen molar-refractivity contribution in [2.75, 3.05) is 26.0 Å². The van der Waals surface area contributed by atoms with Crippen LogP contribution in [-0.2, 0) is 20.8 Å². The van der Waals surface area contributed by atoms with Gasteiger partial charge in [-0.25, -0.2) is 29.5 Å². The maximum Gasteiger partial charge on any atom is 0.413 e. The number of carbonyl (C=O) groups excluding carboxylic acids is 3. The number of ether oxygens (including phenoxy) is 3. The van der Waals surface area contributed by atoms with Gasteiger partial charge in [-0.05, 0) is 66.5 Å². The van der Waals surface area contributed by atoms with Crippen LogP contribution in [0, 0.1) is 0 Å². The Hall–Kier alpha value is -4.17. The van der Waals surface area contributed by atoms with Gasteiger partial charge in [-0.1, -0.05) is 23.2 Å². The molecule has 1 aromatic carbocycles. The average molecular weight is 680 g/mol. The number of carbonyl (C=O) groups is 3. The minimum Gasteiger partial charge on any atom is -0.493 e. The number of aromatic nitrogens is 4. The zero-order valence-corrected chi connectivity index (χ0v) is 28.7. The number of amides is 3. The normalized spacial score (nSPS) is 12.6. The minimum absolute atomic E-state index is 0.175. The van der Waals surface area contributed by atoms with Crippen molar-refractivity contribution >= 4 is 64.6 Å². The lowest BCUT2D eigenvalue weighted by Gasteiger charge is -2.22. The van der Waals surface area contributed by atoms with E-state index in [0.717, 1.165) is 0 Å². The van der Waals surface area contributed by atoms with Crippen LogP contribution in [0.5, 0.6) is 5.75 Å². The third kappa shape index (κ3) is 11.0. The van der Waals surface area contributed by atoms with Gasteiger partial charge in [0.05, 0.1) is 35.9 Å². The van der Waals surface area contributed by atoms with Crippen molar-refractivity contribution in [1.29, 1.82) is 0 Å². The number of alkyl carbamates (subject to hydrolysis) is 1. The Kier molecular flexibility index (Phi) is 12.2. The largest absolute Gasteiger partial charge is 0.493 e. The van der Waals surface area contributed by atoms with Crippen LogP contribution in [0.2, 0.25) is 10.0 Å². The number of fused-ring (bicyclic) bond motifs is 1. The van der Waals surface area contributed by atoms with Crippen LogP contribution >= 0.6 is 23.2 Å². The molecular weight excluding hydrogens is 639 g/mol. The summed E-state index contributed by atoms with van der Waals surface area (Å²) >= 11 is 13.0. The van der Waals surface area contributed by atoms with Gasteiger partial charge in [0.25, 0.3) is 5.91 Å². The molecule has 0 aliphatic carbocycles. The standard InChI is InChI=1S/C30H40Cl2N8O6/c1-29(2,3)45-27(42)37-20(26(41)36-16-39(7)8)10-9-13-44-21-12-11-19(31)22(32)18(21)14-40-17-35-23-24(33-15-34-25(23)40)38-28(43)46-30(4,5)6/h11-12,15-17,20H,9-10,13-14H2,1-8H3,(H,37,42)(H,33,34,38,43)/b36-16+/t20-/m1/s1. The van der Waals surface area contributed by atoms with Gasteiger partial charge in [0.2, 0.25) is 0 Å². The molecule has 0 saturated carbocycles. The fourth-order valence-electron chi connectivity index (χ4n) is 3.96. The number of rotatable bonds is 11. The Morgan fingerprint density at radius 2 is 1.70 bits per heavy atom. The van der Waals surface area contributed by atoms with Crippen LogP contribution in [0.15, 0.2) is 29.8 Å². The lowest BCUT2D eigenvalue weighted by Crippen LogP contribution is -2.43. The monoisotopic (exact) mass is 678 g/mol. The second kappa shape index (κ2) is 15.4. The molecule has 0 aliphatic rings. The van der Waals surface area contributed by atoms with Gasteiger partial charge >= 0.3 is 12.2 Å². The smallest absolute Gasteiger partial charge is 0.413 e. The Balaban J connectivity index is 1.75. The van der Waals surface area contributed by atoms with Gasteiger partial charge in [0.15, 0.2) is 17.0 Å². The first kappa shape index (κ1) is 36.3. The van der Waals surface area contributed by atoms with Crippen LogP contribution in [0.1, 0.15) is 59.9 Å². The van der Waals surface area contributed by atoms with Gasteiger partial charge in [-0.3, -0.25) is 10.1 Å². The Bertz CT molecular complexity index is 1580. The van der Waals surface area contributed by atoms with Crippen molar-refractivity contribution in [3.05, 3.63) is 40.4 Å². The molecular formula is C30H40Cl2N8O6. The third-order valence-corrected chi connectivity index (χ3v) is 6.65. The number of nitrogens with one attached hydrogen (secondary N) is 2. The Labute approximate surface area is 277 Å². The van der Waals surface area contributed by atoms with E-state index in [2.05, 4.69) is 30.6 Å². The highest BCUT2D eigenvalue weighted by Crippen LogP contribution is 2.34. The highest BCUT2D eigenvalue weighted by atomic mass is 35.5. The number of benzene rings is 1. The van der Waals surface area contributed by atoms with E-state index in [1.807, 2.05) is 0 Å². The Morgan fingerprint density at radius 1 is 1.02 bits per heavy atom. The van der Waals surface area contributed by atoms with Crippen LogP contribution in [-0.4, -0.2) is 86.8 Å². The molecule has 3 aromatic rings. The number of hydrogen-bond acceptors (Lipinski definition) is 9. The molecule has 0 radical (unpaired) electrons. The van der Waals surface area contributed by atoms with Gasteiger partial charge in [-0.15, -0.1) is 0 Å². The molecule has 0 aliphatic heterocycles. The lowest BCUT2D eigenvalue weighted by atomic mass is 10.1. The lowest BCUT2D eigenvalue weighted by molar-refractivity contribution is -0.120. The number of hydrogen-bond donors (Lipinski definition) is 2. The quantitative estimate of drug-likeness (QED) is 0.146. The first-order valence-electron chi connectivity index (χ1n) is 14.4. The summed E-state index contributed by atoms with van der Waals surface area (Å²) in [7, 11) is 3.46. The number of halogens is 2. The van der Waals surface area contributed by atoms with Crippen molar-refractivity contribution < 1.29 is 28.6 Å². The van der Waals surface area contributed by atoms with Crippen LogP contribution < -0.4 is 15.4 Å². The molecule has 0 fully saturated rings. The fraction of sp³-hybridized carbons (Fsp3) is 0.500. The summed E-state index contributed by atoms with van der Waals surface area (Å²) in [6.07, 6.45) is 3.42. The molecule has 2 heterocycles. The van der Waals surface area contributed by atoms with Gasteiger partial charge in [0.1, 0.15) is 29.3 Å². The molecule has 46 heavy (non-hydrogen) atoms. The van der Waals surface area contributed by atoms with Gasteiger partial charge in [0, 0.05) is 19.7 Å². The summed E-state index contributed by atoms with van der Waals surface area (Å²) in [5, 5.41) is 5.81. The molecule has 2 N–H and O–H groups in total. The van der Waals surface area contributed by atoms with E-state index in [-0.39, 0.29) is 30.4 Å². The van der Waals surface area contributed by atoms with Crippen molar-refractivity contribution in [3.8, 4) is 5.75 Å². The highest BCUT2D eigenvalue weighted by molar-refractivity contribution is 6.42. The topological polar surface area (TPSA) is 162 Å². The molecule has 3 amide bonds. The summed E-state index contributed by atoms with van der Waals surface area (Å²) < 4.78 is 18.4. The number of nitrogens with zero attached hydrogens (tertiary/aromatic N) is 6. The molecule has 1 atom stereocenters. The highest BCUT2D eigenvalue weighted by Gasteiger charge is 2.25. The Morgan fingerprint density at radius 3 is 2.35 bits per heavy atom. The first-order chi connectivity index (χ1) is 21.4. The van der Waals surface area contributed by atoms with E-state index in [4.69, 9.17) is 37.4 Å². The second-order valence-electron chi connectivity index (χ2n) is 12.5. The van der Waals surface area contributed by atoms with E-state index in [1.165, 1.54) is 19.0 Å². The van der Waals surface area contributed by atoms with E-state index < -0.39 is 35.3 Å². The summed E-state index contributed by atoms with van der Waals surface area (Å²) in [5.41, 5.74) is -0.0972. The summed E-state index contributed by atoms with van der Waals surface area (Å²) in [6, 6.07) is 2.38. The number of imidazole rings is 1. The average Bonchev–Trinajstić information content (AvgIpc) is 3.34. The molecule has 0 unspecified atom stereocenters. The SMILES string of the molecule is CN(C)/C=N/C(=O)[C@@H](CCCOc1ccc(Cl)c(Cl)c1Cn1cnc2c(NC(=O)OC(C)(C)C)ncnc21)NC(=O)OC(C)(C)C. The minimum atomic E-state index is -0.927. The zero-order chi connectivity index (χ0) is 34.2. The van der Waals surface area contributed by atoms with Crippen molar-refractivity contribution in [2.24, 2.45) is 4.99 Å². The molecule has 250 valence electrons. The summed E-state index contributed by atoms with van der Waals surface area (Å²) in [6.45, 7) is 10.8. The summed E-state index contributed by atoms with van der Waals surface area (Å²) in [5.74, 6) is 0.112. The molecule has 2 aromatic heterocycles. The molecule has 16 heteroatoms. The second-order valence-corrected chi connectivity index (χ2v) is 13.3. The van der Waals surface area contributed by atoms with Crippen molar-refractivity contribution in [3.63, 3.8) is 0 Å². The number of anilines is 1.